The molecule has 4 nitrogen and oxygen atoms in total. The Labute approximate surface area is 152 Å². The van der Waals surface area contributed by atoms with Gasteiger partial charge in [0.2, 0.25) is 0 Å². The molecule has 26 heavy (non-hydrogen) atoms. The van der Waals surface area contributed by atoms with E-state index in [4.69, 9.17) is 0 Å². The highest BCUT2D eigenvalue weighted by atomic mass is 19.1. The van der Waals surface area contributed by atoms with E-state index in [9.17, 15) is 9.18 Å². The van der Waals surface area contributed by atoms with Crippen LogP contribution in [0.4, 0.5) is 21.5 Å². The summed E-state index contributed by atoms with van der Waals surface area (Å²) in [7, 11) is 0. The zero-order valence-electron chi connectivity index (χ0n) is 14.7. The Morgan fingerprint density at radius 2 is 1.81 bits per heavy atom. The van der Waals surface area contributed by atoms with Crippen molar-refractivity contribution in [3.05, 3.63) is 83.9 Å². The summed E-state index contributed by atoms with van der Waals surface area (Å²) >= 11 is 0. The van der Waals surface area contributed by atoms with E-state index in [1.54, 1.807) is 24.4 Å². The SMILES string of the molecule is CC(C)c1ccccc1Nc1cncc(C(=O)Nc2cccc(F)c2)c1. The first-order valence-corrected chi connectivity index (χ1v) is 8.41. The number of nitrogens with one attached hydrogen (secondary N) is 2. The second-order valence-electron chi connectivity index (χ2n) is 6.29. The normalized spacial score (nSPS) is 10.6. The average Bonchev–Trinajstić information content (AvgIpc) is 2.62. The fourth-order valence-electron chi connectivity index (χ4n) is 2.67. The van der Waals surface area contributed by atoms with Gasteiger partial charge in [-0.05, 0) is 41.8 Å². The Hall–Kier alpha value is -3.21. The Morgan fingerprint density at radius 3 is 2.58 bits per heavy atom. The summed E-state index contributed by atoms with van der Waals surface area (Å²) in [6, 6.07) is 15.5. The minimum Gasteiger partial charge on any atom is -0.354 e. The molecule has 0 atom stereocenters. The van der Waals surface area contributed by atoms with Gasteiger partial charge >= 0.3 is 0 Å². The lowest BCUT2D eigenvalue weighted by molar-refractivity contribution is 0.102. The minimum absolute atomic E-state index is 0.344. The van der Waals surface area contributed by atoms with E-state index in [0.717, 1.165) is 5.69 Å². The van der Waals surface area contributed by atoms with Gasteiger partial charge in [-0.25, -0.2) is 4.39 Å². The summed E-state index contributed by atoms with van der Waals surface area (Å²) in [5.41, 5.74) is 3.67. The van der Waals surface area contributed by atoms with E-state index >= 15 is 0 Å². The summed E-state index contributed by atoms with van der Waals surface area (Å²) < 4.78 is 13.3. The van der Waals surface area contributed by atoms with E-state index < -0.39 is 5.82 Å². The van der Waals surface area contributed by atoms with Gasteiger partial charge in [0.05, 0.1) is 17.4 Å². The highest BCUT2D eigenvalue weighted by Gasteiger charge is 2.10. The van der Waals surface area contributed by atoms with Gasteiger partial charge < -0.3 is 10.6 Å². The molecular weight excluding hydrogens is 329 g/mol. The number of pyridine rings is 1. The summed E-state index contributed by atoms with van der Waals surface area (Å²) in [6.07, 6.45) is 3.14. The van der Waals surface area contributed by atoms with E-state index in [1.165, 1.54) is 23.9 Å². The lowest BCUT2D eigenvalue weighted by Gasteiger charge is -2.15. The van der Waals surface area contributed by atoms with E-state index in [-0.39, 0.29) is 5.91 Å². The predicted octanol–water partition coefficient (Wildman–Crippen LogP) is 5.34. The Balaban J connectivity index is 1.79. The third kappa shape index (κ3) is 4.25. The third-order valence-electron chi connectivity index (χ3n) is 3.94. The van der Waals surface area contributed by atoms with Gasteiger partial charge in [0, 0.05) is 17.6 Å². The molecule has 0 fully saturated rings. The fourth-order valence-corrected chi connectivity index (χ4v) is 2.67. The molecule has 0 aliphatic rings. The third-order valence-corrected chi connectivity index (χ3v) is 3.94. The molecule has 0 saturated carbocycles. The number of carbonyl (C=O) groups is 1. The summed E-state index contributed by atoms with van der Waals surface area (Å²) in [5.74, 6) is -0.378. The summed E-state index contributed by atoms with van der Waals surface area (Å²) in [6.45, 7) is 4.25. The molecule has 132 valence electrons. The van der Waals surface area contributed by atoms with Gasteiger partial charge in [-0.15, -0.1) is 0 Å². The van der Waals surface area contributed by atoms with E-state index in [1.807, 2.05) is 18.2 Å². The van der Waals surface area contributed by atoms with Crippen LogP contribution in [0, 0.1) is 5.82 Å². The van der Waals surface area contributed by atoms with Crippen molar-refractivity contribution >= 4 is 23.0 Å². The molecule has 0 radical (unpaired) electrons. The number of carbonyl (C=O) groups excluding carboxylic acids is 1. The smallest absolute Gasteiger partial charge is 0.257 e. The number of para-hydroxylation sites is 1. The number of halogens is 1. The average molecular weight is 349 g/mol. The van der Waals surface area contributed by atoms with Crippen LogP contribution in [-0.2, 0) is 0 Å². The first kappa shape index (κ1) is 17.6. The van der Waals surface area contributed by atoms with Crippen molar-refractivity contribution in [2.45, 2.75) is 19.8 Å². The van der Waals surface area contributed by atoms with Crippen LogP contribution in [0.5, 0.6) is 0 Å². The minimum atomic E-state index is -0.401. The van der Waals surface area contributed by atoms with Crippen LogP contribution >= 0.6 is 0 Å². The molecule has 0 bridgehead atoms. The lowest BCUT2D eigenvalue weighted by atomic mass is 10.0. The molecule has 0 saturated heterocycles. The number of hydrogen-bond acceptors (Lipinski definition) is 3. The zero-order valence-corrected chi connectivity index (χ0v) is 14.7. The van der Waals surface area contributed by atoms with Crippen LogP contribution in [0.3, 0.4) is 0 Å². The van der Waals surface area contributed by atoms with Crippen LogP contribution in [0.2, 0.25) is 0 Å². The lowest BCUT2D eigenvalue weighted by Crippen LogP contribution is -2.12. The Morgan fingerprint density at radius 1 is 1.00 bits per heavy atom. The molecule has 2 aromatic carbocycles. The van der Waals surface area contributed by atoms with Gasteiger partial charge in [-0.3, -0.25) is 9.78 Å². The molecule has 2 N–H and O–H groups in total. The molecule has 3 aromatic rings. The summed E-state index contributed by atoms with van der Waals surface area (Å²) in [5, 5.41) is 5.99. The monoisotopic (exact) mass is 349 g/mol. The van der Waals surface area contributed by atoms with E-state index in [0.29, 0.717) is 22.9 Å². The number of benzene rings is 2. The van der Waals surface area contributed by atoms with Crippen molar-refractivity contribution in [1.82, 2.24) is 4.98 Å². The molecule has 5 heteroatoms. The fraction of sp³-hybridized carbons (Fsp3) is 0.143. The standard InChI is InChI=1S/C21H20FN3O/c1-14(2)19-8-3-4-9-20(19)24-18-10-15(12-23-13-18)21(26)25-17-7-5-6-16(22)11-17/h3-14,24H,1-2H3,(H,25,26). The number of amides is 1. The number of aromatic nitrogens is 1. The highest BCUT2D eigenvalue weighted by molar-refractivity contribution is 6.04. The van der Waals surface area contributed by atoms with Crippen molar-refractivity contribution < 1.29 is 9.18 Å². The van der Waals surface area contributed by atoms with Crippen LogP contribution in [0.15, 0.2) is 67.0 Å². The predicted molar refractivity (Wildman–Crippen MR) is 102 cm³/mol. The molecule has 1 aromatic heterocycles. The Kier molecular flexibility index (Phi) is 5.27. The molecule has 0 aliphatic heterocycles. The van der Waals surface area contributed by atoms with Gasteiger partial charge in [0.15, 0.2) is 0 Å². The van der Waals surface area contributed by atoms with Crippen molar-refractivity contribution in [2.24, 2.45) is 0 Å². The molecule has 3 rings (SSSR count). The number of nitrogens with zero attached hydrogens (tertiary/aromatic N) is 1. The second-order valence-corrected chi connectivity index (χ2v) is 6.29. The molecule has 0 spiro atoms. The van der Waals surface area contributed by atoms with Crippen molar-refractivity contribution in [3.8, 4) is 0 Å². The topological polar surface area (TPSA) is 54.0 Å². The quantitative estimate of drug-likeness (QED) is 0.654. The molecule has 1 heterocycles. The Bertz CT molecular complexity index is 924. The van der Waals surface area contributed by atoms with Crippen molar-refractivity contribution in [3.63, 3.8) is 0 Å². The van der Waals surface area contributed by atoms with Crippen LogP contribution in [0.1, 0.15) is 35.7 Å². The highest BCUT2D eigenvalue weighted by Crippen LogP contribution is 2.27. The molecule has 0 unspecified atom stereocenters. The first-order valence-electron chi connectivity index (χ1n) is 8.41. The van der Waals surface area contributed by atoms with Gasteiger partial charge in [-0.1, -0.05) is 38.1 Å². The van der Waals surface area contributed by atoms with Gasteiger partial charge in [-0.2, -0.15) is 0 Å². The summed E-state index contributed by atoms with van der Waals surface area (Å²) in [4.78, 5) is 16.5. The number of hydrogen-bond donors (Lipinski definition) is 2. The van der Waals surface area contributed by atoms with Gasteiger partial charge in [0.1, 0.15) is 5.82 Å². The number of anilines is 3. The number of rotatable bonds is 5. The van der Waals surface area contributed by atoms with E-state index in [2.05, 4.69) is 35.5 Å². The van der Waals surface area contributed by atoms with Crippen LogP contribution in [-0.4, -0.2) is 10.9 Å². The maximum atomic E-state index is 13.3. The van der Waals surface area contributed by atoms with Crippen LogP contribution < -0.4 is 10.6 Å². The molecule has 0 aliphatic carbocycles. The van der Waals surface area contributed by atoms with Crippen molar-refractivity contribution in [2.75, 3.05) is 10.6 Å². The largest absolute Gasteiger partial charge is 0.354 e. The van der Waals surface area contributed by atoms with Gasteiger partial charge in [0.25, 0.3) is 5.91 Å². The van der Waals surface area contributed by atoms with Crippen LogP contribution in [0.25, 0.3) is 0 Å². The maximum Gasteiger partial charge on any atom is 0.257 e. The maximum absolute atomic E-state index is 13.3. The second kappa shape index (κ2) is 7.78. The molecule has 1 amide bonds. The first-order chi connectivity index (χ1) is 12.5. The van der Waals surface area contributed by atoms with Crippen molar-refractivity contribution in [1.29, 1.82) is 0 Å². The molecular formula is C21H20FN3O. The zero-order chi connectivity index (χ0) is 18.5.